The first kappa shape index (κ1) is 12.5. The second-order valence-corrected chi connectivity index (χ2v) is 4.48. The Morgan fingerprint density at radius 1 is 1.00 bits per heavy atom. The molecule has 2 aromatic rings. The molecule has 0 aliphatic heterocycles. The van der Waals surface area contributed by atoms with E-state index in [-0.39, 0.29) is 0 Å². The van der Waals surface area contributed by atoms with Gasteiger partial charge in [-0.15, -0.1) is 0 Å². The number of phenolic OH excluding ortho intramolecular Hbond substituents is 1. The van der Waals surface area contributed by atoms with Gasteiger partial charge < -0.3 is 10.0 Å². The summed E-state index contributed by atoms with van der Waals surface area (Å²) in [5.74, 6) is 0.325. The molecule has 0 fully saturated rings. The summed E-state index contributed by atoms with van der Waals surface area (Å²) in [4.78, 5) is 2.15. The fourth-order valence-corrected chi connectivity index (χ4v) is 2.03. The Bertz CT molecular complexity index is 505. The molecule has 2 nitrogen and oxygen atoms in total. The highest BCUT2D eigenvalue weighted by atomic mass is 16.3. The minimum atomic E-state index is 0.325. The molecule has 94 valence electrons. The van der Waals surface area contributed by atoms with Gasteiger partial charge in [0.2, 0.25) is 0 Å². The van der Waals surface area contributed by atoms with E-state index in [1.165, 1.54) is 5.56 Å². The van der Waals surface area contributed by atoms with Crippen molar-refractivity contribution in [1.82, 2.24) is 0 Å². The lowest BCUT2D eigenvalue weighted by molar-refractivity contribution is 0.475. The van der Waals surface area contributed by atoms with Gasteiger partial charge in [0.1, 0.15) is 5.75 Å². The van der Waals surface area contributed by atoms with Gasteiger partial charge in [-0.3, -0.25) is 0 Å². The molecule has 0 amide bonds. The number of para-hydroxylation sites is 2. The van der Waals surface area contributed by atoms with Crippen molar-refractivity contribution < 1.29 is 5.11 Å². The van der Waals surface area contributed by atoms with Crippen molar-refractivity contribution in [3.05, 3.63) is 54.1 Å². The summed E-state index contributed by atoms with van der Waals surface area (Å²) < 4.78 is 0. The standard InChI is InChI=1S/C16H19NO/c1-3-12-17(14-10-8-13(2)9-11-14)15-6-4-5-7-16(15)18/h4-11,18H,3,12H2,1-2H3. The van der Waals surface area contributed by atoms with Crippen LogP contribution in [0.25, 0.3) is 0 Å². The molecule has 0 bridgehead atoms. The molecule has 0 heterocycles. The van der Waals surface area contributed by atoms with E-state index in [1.807, 2.05) is 18.2 Å². The summed E-state index contributed by atoms with van der Waals surface area (Å²) in [5, 5.41) is 9.98. The third-order valence-electron chi connectivity index (χ3n) is 2.97. The molecule has 2 rings (SSSR count). The van der Waals surface area contributed by atoms with Crippen molar-refractivity contribution >= 4 is 11.4 Å². The third kappa shape index (κ3) is 2.65. The Morgan fingerprint density at radius 3 is 2.28 bits per heavy atom. The average molecular weight is 241 g/mol. The van der Waals surface area contributed by atoms with Crippen LogP contribution >= 0.6 is 0 Å². The zero-order valence-corrected chi connectivity index (χ0v) is 10.9. The highest BCUT2D eigenvalue weighted by molar-refractivity contribution is 5.68. The van der Waals surface area contributed by atoms with Gasteiger partial charge in [0.25, 0.3) is 0 Å². The van der Waals surface area contributed by atoms with Crippen LogP contribution in [0.15, 0.2) is 48.5 Å². The van der Waals surface area contributed by atoms with E-state index >= 15 is 0 Å². The molecule has 0 aromatic heterocycles. The molecule has 0 unspecified atom stereocenters. The van der Waals surface area contributed by atoms with Crippen molar-refractivity contribution in [3.8, 4) is 5.75 Å². The normalized spacial score (nSPS) is 10.3. The molecule has 2 aromatic carbocycles. The number of hydrogen-bond acceptors (Lipinski definition) is 2. The van der Waals surface area contributed by atoms with Gasteiger partial charge >= 0.3 is 0 Å². The van der Waals surface area contributed by atoms with E-state index in [9.17, 15) is 5.11 Å². The van der Waals surface area contributed by atoms with Crippen LogP contribution in [0.5, 0.6) is 5.75 Å². The van der Waals surface area contributed by atoms with Crippen molar-refractivity contribution in [2.75, 3.05) is 11.4 Å². The van der Waals surface area contributed by atoms with Gasteiger partial charge in [-0.2, -0.15) is 0 Å². The van der Waals surface area contributed by atoms with Crippen LogP contribution < -0.4 is 4.90 Å². The molecule has 0 saturated heterocycles. The van der Waals surface area contributed by atoms with Gasteiger partial charge in [0, 0.05) is 12.2 Å². The number of rotatable bonds is 4. The zero-order valence-electron chi connectivity index (χ0n) is 10.9. The first-order chi connectivity index (χ1) is 8.72. The Morgan fingerprint density at radius 2 is 1.67 bits per heavy atom. The van der Waals surface area contributed by atoms with E-state index in [0.717, 1.165) is 24.3 Å². The molecule has 0 saturated carbocycles. The van der Waals surface area contributed by atoms with Crippen LogP contribution in [0, 0.1) is 6.92 Å². The van der Waals surface area contributed by atoms with E-state index in [1.54, 1.807) is 6.07 Å². The first-order valence-electron chi connectivity index (χ1n) is 6.34. The number of benzene rings is 2. The molecular formula is C16H19NO. The fraction of sp³-hybridized carbons (Fsp3) is 0.250. The van der Waals surface area contributed by atoms with Gasteiger partial charge in [-0.05, 0) is 37.6 Å². The number of hydrogen-bond donors (Lipinski definition) is 1. The number of aryl methyl sites for hydroxylation is 1. The predicted octanol–water partition coefficient (Wildman–Crippen LogP) is 4.25. The average Bonchev–Trinajstić information content (AvgIpc) is 2.38. The molecule has 18 heavy (non-hydrogen) atoms. The maximum Gasteiger partial charge on any atom is 0.139 e. The van der Waals surface area contributed by atoms with Crippen LogP contribution in [0.2, 0.25) is 0 Å². The zero-order chi connectivity index (χ0) is 13.0. The largest absolute Gasteiger partial charge is 0.506 e. The molecule has 0 aliphatic rings. The summed E-state index contributed by atoms with van der Waals surface area (Å²) in [5.41, 5.74) is 3.22. The van der Waals surface area contributed by atoms with E-state index in [4.69, 9.17) is 0 Å². The van der Waals surface area contributed by atoms with Crippen molar-refractivity contribution in [3.63, 3.8) is 0 Å². The number of aromatic hydroxyl groups is 1. The lowest BCUT2D eigenvalue weighted by atomic mass is 10.2. The summed E-state index contributed by atoms with van der Waals surface area (Å²) in [6.45, 7) is 5.11. The van der Waals surface area contributed by atoms with Crippen LogP contribution in [-0.2, 0) is 0 Å². The van der Waals surface area contributed by atoms with Crippen molar-refractivity contribution in [1.29, 1.82) is 0 Å². The van der Waals surface area contributed by atoms with Gasteiger partial charge in [-0.1, -0.05) is 36.8 Å². The van der Waals surface area contributed by atoms with Gasteiger partial charge in [0.15, 0.2) is 0 Å². The van der Waals surface area contributed by atoms with E-state index in [0.29, 0.717) is 5.75 Å². The molecule has 0 radical (unpaired) electrons. The molecular weight excluding hydrogens is 222 g/mol. The molecule has 0 atom stereocenters. The Labute approximate surface area is 109 Å². The lowest BCUT2D eigenvalue weighted by Gasteiger charge is -2.25. The van der Waals surface area contributed by atoms with Crippen LogP contribution in [-0.4, -0.2) is 11.7 Å². The van der Waals surface area contributed by atoms with Gasteiger partial charge in [0.05, 0.1) is 5.69 Å². The van der Waals surface area contributed by atoms with E-state index in [2.05, 4.69) is 43.0 Å². The maximum atomic E-state index is 9.98. The second kappa shape index (κ2) is 5.58. The van der Waals surface area contributed by atoms with Crippen molar-refractivity contribution in [2.24, 2.45) is 0 Å². The highest BCUT2D eigenvalue weighted by Gasteiger charge is 2.11. The smallest absolute Gasteiger partial charge is 0.139 e. The fourth-order valence-electron chi connectivity index (χ4n) is 2.03. The Kier molecular flexibility index (Phi) is 3.88. The monoisotopic (exact) mass is 241 g/mol. The predicted molar refractivity (Wildman–Crippen MR) is 76.6 cm³/mol. The molecule has 0 aliphatic carbocycles. The van der Waals surface area contributed by atoms with Crippen LogP contribution in [0.4, 0.5) is 11.4 Å². The minimum Gasteiger partial charge on any atom is -0.506 e. The van der Waals surface area contributed by atoms with Crippen molar-refractivity contribution in [2.45, 2.75) is 20.3 Å². The Balaban J connectivity index is 2.40. The third-order valence-corrected chi connectivity index (χ3v) is 2.97. The summed E-state index contributed by atoms with van der Waals surface area (Å²) in [6.07, 6.45) is 1.03. The van der Waals surface area contributed by atoms with E-state index < -0.39 is 0 Å². The topological polar surface area (TPSA) is 23.5 Å². The summed E-state index contributed by atoms with van der Waals surface area (Å²) in [6, 6.07) is 15.9. The first-order valence-corrected chi connectivity index (χ1v) is 6.34. The SMILES string of the molecule is CCCN(c1ccc(C)cc1)c1ccccc1O. The number of nitrogens with zero attached hydrogens (tertiary/aromatic N) is 1. The molecule has 2 heteroatoms. The Hall–Kier alpha value is -1.96. The second-order valence-electron chi connectivity index (χ2n) is 4.48. The maximum absolute atomic E-state index is 9.98. The summed E-state index contributed by atoms with van der Waals surface area (Å²) in [7, 11) is 0. The quantitative estimate of drug-likeness (QED) is 0.865. The summed E-state index contributed by atoms with van der Waals surface area (Å²) >= 11 is 0. The highest BCUT2D eigenvalue weighted by Crippen LogP contribution is 2.32. The van der Waals surface area contributed by atoms with Gasteiger partial charge in [-0.25, -0.2) is 0 Å². The number of phenols is 1. The molecule has 1 N–H and O–H groups in total. The van der Waals surface area contributed by atoms with Crippen LogP contribution in [0.1, 0.15) is 18.9 Å². The van der Waals surface area contributed by atoms with Crippen LogP contribution in [0.3, 0.4) is 0 Å². The lowest BCUT2D eigenvalue weighted by Crippen LogP contribution is -2.17. The molecule has 0 spiro atoms. The minimum absolute atomic E-state index is 0.325. The number of anilines is 2.